The minimum Gasteiger partial charge on any atom is -0.451 e. The molecule has 0 bridgehead atoms. The highest BCUT2D eigenvalue weighted by Gasteiger charge is 2.14. The van der Waals surface area contributed by atoms with E-state index in [-0.39, 0.29) is 17.3 Å². The van der Waals surface area contributed by atoms with Gasteiger partial charge in [-0.2, -0.15) is 0 Å². The first kappa shape index (κ1) is 14.7. The Morgan fingerprint density at radius 3 is 2.20 bits per heavy atom. The summed E-state index contributed by atoms with van der Waals surface area (Å²) >= 11 is 5.57. The lowest BCUT2D eigenvalue weighted by Crippen LogP contribution is -2.04. The van der Waals surface area contributed by atoms with Crippen LogP contribution in [0.4, 0.5) is 13.2 Å². The Morgan fingerprint density at radius 1 is 1.00 bits per heavy atom. The number of halogens is 4. The smallest absolute Gasteiger partial charge is 0.198 e. The number of hydrogen-bond donors (Lipinski definition) is 1. The molecule has 20 heavy (non-hydrogen) atoms. The lowest BCUT2D eigenvalue weighted by molar-refractivity contribution is 0.406. The highest BCUT2D eigenvalue weighted by molar-refractivity contribution is 6.30. The van der Waals surface area contributed by atoms with Gasteiger partial charge in [0.1, 0.15) is 11.6 Å². The monoisotopic (exact) mass is 301 g/mol. The Labute approximate surface area is 118 Å². The maximum absolute atomic E-state index is 13.8. The third-order valence-corrected chi connectivity index (χ3v) is 2.89. The van der Waals surface area contributed by atoms with Crippen molar-refractivity contribution in [3.05, 3.63) is 58.4 Å². The van der Waals surface area contributed by atoms with Gasteiger partial charge in [0.15, 0.2) is 17.4 Å². The molecule has 0 heterocycles. The minimum absolute atomic E-state index is 0.0424. The fourth-order valence-corrected chi connectivity index (χ4v) is 1.85. The first-order valence-electron chi connectivity index (χ1n) is 5.82. The molecular formula is C14H11ClF3NO. The second-order valence-electron chi connectivity index (χ2n) is 4.11. The molecule has 0 radical (unpaired) electrons. The standard InChI is InChI=1S/C14H11ClF3NO/c15-10-7-9(1-2-11(10)16)20-14-12(17)5-8(3-4-19)6-13(14)18/h1-2,5-7H,3-4,19H2. The quantitative estimate of drug-likeness (QED) is 0.924. The summed E-state index contributed by atoms with van der Waals surface area (Å²) in [5, 5.41) is -0.192. The molecule has 0 aromatic heterocycles. The third kappa shape index (κ3) is 3.23. The average molecular weight is 302 g/mol. The molecule has 0 saturated carbocycles. The van der Waals surface area contributed by atoms with Crippen molar-refractivity contribution in [1.29, 1.82) is 0 Å². The molecule has 106 valence electrons. The Bertz CT molecular complexity index is 611. The van der Waals surface area contributed by atoms with Crippen molar-refractivity contribution in [3.8, 4) is 11.5 Å². The number of hydrogen-bond acceptors (Lipinski definition) is 2. The van der Waals surface area contributed by atoms with Gasteiger partial charge in [-0.25, -0.2) is 13.2 Å². The Kier molecular flexibility index (Phi) is 4.52. The molecule has 2 rings (SSSR count). The number of rotatable bonds is 4. The lowest BCUT2D eigenvalue weighted by Gasteiger charge is -2.10. The van der Waals surface area contributed by atoms with E-state index in [1.54, 1.807) is 0 Å². The molecule has 0 atom stereocenters. The molecule has 0 aliphatic heterocycles. The van der Waals surface area contributed by atoms with Gasteiger partial charge in [0.05, 0.1) is 5.02 Å². The molecule has 2 N–H and O–H groups in total. The van der Waals surface area contributed by atoms with Crippen LogP contribution in [0.15, 0.2) is 30.3 Å². The molecule has 0 aliphatic rings. The molecule has 2 nitrogen and oxygen atoms in total. The van der Waals surface area contributed by atoms with Crippen LogP contribution in [0.3, 0.4) is 0 Å². The van der Waals surface area contributed by atoms with Gasteiger partial charge in [0.2, 0.25) is 0 Å². The Morgan fingerprint density at radius 2 is 1.65 bits per heavy atom. The highest BCUT2D eigenvalue weighted by Crippen LogP contribution is 2.30. The normalized spacial score (nSPS) is 10.7. The SMILES string of the molecule is NCCc1cc(F)c(Oc2ccc(F)c(Cl)c2)c(F)c1. The zero-order valence-electron chi connectivity index (χ0n) is 10.3. The predicted octanol–water partition coefficient (Wildman–Crippen LogP) is 4.05. The largest absolute Gasteiger partial charge is 0.451 e. The zero-order valence-corrected chi connectivity index (χ0v) is 11.1. The van der Waals surface area contributed by atoms with E-state index in [0.29, 0.717) is 12.0 Å². The predicted molar refractivity (Wildman–Crippen MR) is 70.6 cm³/mol. The summed E-state index contributed by atoms with van der Waals surface area (Å²) in [5.41, 5.74) is 5.76. The van der Waals surface area contributed by atoms with E-state index >= 15 is 0 Å². The molecular weight excluding hydrogens is 291 g/mol. The van der Waals surface area contributed by atoms with E-state index in [1.807, 2.05) is 0 Å². The van der Waals surface area contributed by atoms with Gasteiger partial charge >= 0.3 is 0 Å². The first-order chi connectivity index (χ1) is 9.51. The van der Waals surface area contributed by atoms with Gasteiger partial charge < -0.3 is 10.5 Å². The molecule has 0 spiro atoms. The summed E-state index contributed by atoms with van der Waals surface area (Å²) < 4.78 is 45.6. The molecule has 0 unspecified atom stereocenters. The highest BCUT2D eigenvalue weighted by atomic mass is 35.5. The maximum Gasteiger partial charge on any atom is 0.198 e. The summed E-state index contributed by atoms with van der Waals surface area (Å²) in [7, 11) is 0. The minimum atomic E-state index is -0.853. The number of benzene rings is 2. The maximum atomic E-state index is 13.8. The van der Waals surface area contributed by atoms with Crippen LogP contribution in [0.2, 0.25) is 5.02 Å². The van der Waals surface area contributed by atoms with Crippen LogP contribution in [0.5, 0.6) is 11.5 Å². The van der Waals surface area contributed by atoms with Gasteiger partial charge in [-0.1, -0.05) is 11.6 Å². The molecule has 0 fully saturated rings. The second kappa shape index (κ2) is 6.15. The van der Waals surface area contributed by atoms with E-state index in [1.165, 1.54) is 6.07 Å². The van der Waals surface area contributed by atoms with Crippen molar-refractivity contribution in [2.45, 2.75) is 6.42 Å². The Hall–Kier alpha value is -1.72. The first-order valence-corrected chi connectivity index (χ1v) is 6.20. The van der Waals surface area contributed by atoms with Gasteiger partial charge in [-0.3, -0.25) is 0 Å². The van der Waals surface area contributed by atoms with E-state index < -0.39 is 23.2 Å². The summed E-state index contributed by atoms with van der Waals surface area (Å²) in [6.07, 6.45) is 0.358. The van der Waals surface area contributed by atoms with E-state index in [4.69, 9.17) is 22.1 Å². The Balaban J connectivity index is 2.31. The zero-order chi connectivity index (χ0) is 14.7. The molecule has 0 saturated heterocycles. The summed E-state index contributed by atoms with van der Waals surface area (Å²) in [6, 6.07) is 5.72. The molecule has 2 aromatic rings. The van der Waals surface area contributed by atoms with Gasteiger partial charge in [-0.15, -0.1) is 0 Å². The molecule has 2 aromatic carbocycles. The van der Waals surface area contributed by atoms with E-state index in [0.717, 1.165) is 24.3 Å². The van der Waals surface area contributed by atoms with Crippen LogP contribution in [0.25, 0.3) is 0 Å². The van der Waals surface area contributed by atoms with E-state index in [2.05, 4.69) is 0 Å². The number of ether oxygens (including phenoxy) is 1. The van der Waals surface area contributed by atoms with Crippen LogP contribution in [-0.4, -0.2) is 6.54 Å². The second-order valence-corrected chi connectivity index (χ2v) is 4.51. The van der Waals surface area contributed by atoms with Crippen molar-refractivity contribution in [3.63, 3.8) is 0 Å². The topological polar surface area (TPSA) is 35.2 Å². The third-order valence-electron chi connectivity index (χ3n) is 2.60. The van der Waals surface area contributed by atoms with E-state index in [9.17, 15) is 13.2 Å². The summed E-state index contributed by atoms with van der Waals surface area (Å²) in [4.78, 5) is 0. The van der Waals surface area contributed by atoms with Crippen molar-refractivity contribution in [1.82, 2.24) is 0 Å². The average Bonchev–Trinajstić information content (AvgIpc) is 2.38. The van der Waals surface area contributed by atoms with Crippen LogP contribution in [0, 0.1) is 17.5 Å². The van der Waals surface area contributed by atoms with Crippen LogP contribution in [0.1, 0.15) is 5.56 Å². The fourth-order valence-electron chi connectivity index (χ4n) is 1.68. The van der Waals surface area contributed by atoms with Crippen LogP contribution < -0.4 is 10.5 Å². The summed E-state index contributed by atoms with van der Waals surface area (Å²) in [5.74, 6) is -2.87. The van der Waals surface area contributed by atoms with Crippen LogP contribution >= 0.6 is 11.6 Å². The molecule has 0 aliphatic carbocycles. The van der Waals surface area contributed by atoms with Crippen molar-refractivity contribution in [2.24, 2.45) is 5.73 Å². The summed E-state index contributed by atoms with van der Waals surface area (Å²) in [6.45, 7) is 0.284. The molecule has 6 heteroatoms. The lowest BCUT2D eigenvalue weighted by atomic mass is 10.1. The van der Waals surface area contributed by atoms with Crippen LogP contribution in [-0.2, 0) is 6.42 Å². The van der Waals surface area contributed by atoms with Crippen molar-refractivity contribution < 1.29 is 17.9 Å². The van der Waals surface area contributed by atoms with Gasteiger partial charge in [0, 0.05) is 6.07 Å². The fraction of sp³-hybridized carbons (Fsp3) is 0.143. The van der Waals surface area contributed by atoms with Crippen molar-refractivity contribution in [2.75, 3.05) is 6.54 Å². The van der Waals surface area contributed by atoms with Gasteiger partial charge in [0.25, 0.3) is 0 Å². The number of nitrogens with two attached hydrogens (primary N) is 1. The molecule has 0 amide bonds. The van der Waals surface area contributed by atoms with Crippen molar-refractivity contribution >= 4 is 11.6 Å². The van der Waals surface area contributed by atoms with Gasteiger partial charge in [-0.05, 0) is 42.8 Å².